The predicted molar refractivity (Wildman–Crippen MR) is 163 cm³/mol. The first kappa shape index (κ1) is 33.2. The second kappa shape index (κ2) is 14.7. The highest BCUT2D eigenvalue weighted by molar-refractivity contribution is 7.92. The van der Waals surface area contributed by atoms with Crippen LogP contribution < -0.4 is 14.4 Å². The van der Waals surface area contributed by atoms with Crippen molar-refractivity contribution in [2.45, 2.75) is 45.2 Å². The molecule has 0 aliphatic heterocycles. The molecule has 0 unspecified atom stereocenters. The molecule has 1 N–H and O–H groups in total. The lowest BCUT2D eigenvalue weighted by Crippen LogP contribution is -2.51. The smallest absolute Gasteiger partial charge is 0.264 e. The van der Waals surface area contributed by atoms with E-state index in [0.717, 1.165) is 28.6 Å². The number of nitrogens with zero attached hydrogens (tertiary/aromatic N) is 2. The molecule has 1 atom stereocenters. The highest BCUT2D eigenvalue weighted by Gasteiger charge is 2.32. The summed E-state index contributed by atoms with van der Waals surface area (Å²) in [5, 5.41) is 3.43. The number of carbonyl (C=O) groups excluding carboxylic acids is 2. The van der Waals surface area contributed by atoms with Crippen molar-refractivity contribution >= 4 is 50.7 Å². The van der Waals surface area contributed by atoms with Crippen LogP contribution in [0.2, 0.25) is 10.0 Å². The zero-order valence-corrected chi connectivity index (χ0v) is 26.1. The average Bonchev–Trinajstić information content (AvgIpc) is 2.95. The zero-order valence-electron chi connectivity index (χ0n) is 23.8. The van der Waals surface area contributed by atoms with E-state index in [1.54, 1.807) is 37.3 Å². The summed E-state index contributed by atoms with van der Waals surface area (Å²) in [7, 11) is -4.34. The van der Waals surface area contributed by atoms with Gasteiger partial charge in [-0.15, -0.1) is 0 Å². The first-order valence-electron chi connectivity index (χ1n) is 13.4. The molecule has 3 aromatic rings. The Morgan fingerprint density at radius 2 is 1.60 bits per heavy atom. The van der Waals surface area contributed by atoms with Crippen molar-refractivity contribution in [2.75, 3.05) is 24.0 Å². The summed E-state index contributed by atoms with van der Waals surface area (Å²) in [5.74, 6) is -0.953. The maximum absolute atomic E-state index is 14.0. The second-order valence-corrected chi connectivity index (χ2v) is 12.7. The lowest BCUT2D eigenvalue weighted by molar-refractivity contribution is -0.139. The SMILES string of the molecule is CCOc1ccc(N(CC(=O)N(Cc2ccc(Cl)c(Cl)c2)[C@H](C)C(=O)NCC(C)C)S(=O)(=O)c2ccc(F)cc2)cc1. The Hall–Kier alpha value is -3.34. The first-order valence-corrected chi connectivity index (χ1v) is 15.5. The fourth-order valence-electron chi connectivity index (χ4n) is 4.01. The van der Waals surface area contributed by atoms with Crippen molar-refractivity contribution in [1.82, 2.24) is 10.2 Å². The third-order valence-electron chi connectivity index (χ3n) is 6.30. The minimum Gasteiger partial charge on any atom is -0.494 e. The monoisotopic (exact) mass is 637 g/mol. The summed E-state index contributed by atoms with van der Waals surface area (Å²) >= 11 is 12.3. The fraction of sp³-hybridized carbons (Fsp3) is 0.333. The van der Waals surface area contributed by atoms with Crippen LogP contribution in [0.15, 0.2) is 71.6 Å². The summed E-state index contributed by atoms with van der Waals surface area (Å²) < 4.78 is 47.7. The van der Waals surface area contributed by atoms with Crippen LogP contribution in [0.1, 0.15) is 33.3 Å². The van der Waals surface area contributed by atoms with Crippen molar-refractivity contribution in [3.8, 4) is 5.75 Å². The van der Waals surface area contributed by atoms with Crippen LogP contribution in [0.25, 0.3) is 0 Å². The van der Waals surface area contributed by atoms with Gasteiger partial charge in [-0.05, 0) is 86.0 Å². The molecule has 8 nitrogen and oxygen atoms in total. The Morgan fingerprint density at radius 3 is 2.17 bits per heavy atom. The summed E-state index contributed by atoms with van der Waals surface area (Å²) in [6, 6.07) is 14.4. The maximum atomic E-state index is 14.0. The number of halogens is 3. The zero-order chi connectivity index (χ0) is 31.0. The molecule has 0 saturated heterocycles. The van der Waals surface area contributed by atoms with E-state index in [1.807, 2.05) is 20.8 Å². The number of anilines is 1. The van der Waals surface area contributed by atoms with Gasteiger partial charge in [0.1, 0.15) is 24.2 Å². The molecular weight excluding hydrogens is 604 g/mol. The number of nitrogens with one attached hydrogen (secondary N) is 1. The molecule has 0 aliphatic carbocycles. The molecule has 0 aliphatic rings. The number of hydrogen-bond donors (Lipinski definition) is 1. The Bertz CT molecular complexity index is 1490. The normalized spacial score (nSPS) is 12.1. The van der Waals surface area contributed by atoms with E-state index in [9.17, 15) is 22.4 Å². The van der Waals surface area contributed by atoms with Crippen LogP contribution in [-0.4, -0.2) is 50.9 Å². The van der Waals surface area contributed by atoms with Crippen LogP contribution in [0.3, 0.4) is 0 Å². The summed E-state index contributed by atoms with van der Waals surface area (Å²) in [6.45, 7) is 7.40. The molecule has 0 saturated carbocycles. The first-order chi connectivity index (χ1) is 19.8. The Labute approximate surface area is 256 Å². The Kier molecular flexibility index (Phi) is 11.6. The molecule has 0 bridgehead atoms. The highest BCUT2D eigenvalue weighted by atomic mass is 35.5. The van der Waals surface area contributed by atoms with Crippen molar-refractivity contribution in [1.29, 1.82) is 0 Å². The van der Waals surface area contributed by atoms with Crippen molar-refractivity contribution < 1.29 is 27.1 Å². The largest absolute Gasteiger partial charge is 0.494 e. The van der Waals surface area contributed by atoms with Gasteiger partial charge in [0.25, 0.3) is 10.0 Å². The van der Waals surface area contributed by atoms with E-state index in [4.69, 9.17) is 27.9 Å². The molecule has 12 heteroatoms. The highest BCUT2D eigenvalue weighted by Crippen LogP contribution is 2.28. The summed E-state index contributed by atoms with van der Waals surface area (Å²) in [4.78, 5) is 28.1. The molecule has 0 fully saturated rings. The van der Waals surface area contributed by atoms with Gasteiger partial charge in [0, 0.05) is 13.1 Å². The van der Waals surface area contributed by atoms with Crippen LogP contribution in [0, 0.1) is 11.7 Å². The van der Waals surface area contributed by atoms with Crippen LogP contribution in [0.4, 0.5) is 10.1 Å². The predicted octanol–water partition coefficient (Wildman–Crippen LogP) is 5.92. The van der Waals surface area contributed by atoms with Crippen molar-refractivity contribution in [3.63, 3.8) is 0 Å². The van der Waals surface area contributed by atoms with Gasteiger partial charge in [0.15, 0.2) is 0 Å². The lowest BCUT2D eigenvalue weighted by atomic mass is 10.1. The standard InChI is InChI=1S/C30H34Cl2FN3O5S/c1-5-41-25-11-9-24(10-12-25)36(42(39,40)26-13-7-23(33)8-14-26)19-29(37)35(21(4)30(38)34-17-20(2)3)18-22-6-15-27(31)28(32)16-22/h6-16,20-21H,5,17-19H2,1-4H3,(H,34,38)/t21-/m1/s1. The van der Waals surface area contributed by atoms with Gasteiger partial charge in [-0.25, -0.2) is 12.8 Å². The number of carbonyl (C=O) groups is 2. The molecule has 3 rings (SSSR count). The Balaban J connectivity index is 2.03. The van der Waals surface area contributed by atoms with E-state index >= 15 is 0 Å². The maximum Gasteiger partial charge on any atom is 0.264 e. The van der Waals surface area contributed by atoms with E-state index in [2.05, 4.69) is 5.32 Å². The van der Waals surface area contributed by atoms with Crippen LogP contribution >= 0.6 is 23.2 Å². The van der Waals surface area contributed by atoms with Gasteiger partial charge >= 0.3 is 0 Å². The number of rotatable bonds is 13. The number of amides is 2. The third-order valence-corrected chi connectivity index (χ3v) is 8.83. The minimum absolute atomic E-state index is 0.0420. The second-order valence-electron chi connectivity index (χ2n) is 9.98. The summed E-state index contributed by atoms with van der Waals surface area (Å²) in [5.41, 5.74) is 0.776. The lowest BCUT2D eigenvalue weighted by Gasteiger charge is -2.32. The molecule has 0 heterocycles. The molecular formula is C30H34Cl2FN3O5S. The van der Waals surface area contributed by atoms with E-state index in [1.165, 1.54) is 17.0 Å². The number of ether oxygens (including phenoxy) is 1. The van der Waals surface area contributed by atoms with Gasteiger partial charge in [-0.2, -0.15) is 0 Å². The van der Waals surface area contributed by atoms with Gasteiger partial charge in [-0.3, -0.25) is 13.9 Å². The molecule has 0 radical (unpaired) electrons. The molecule has 226 valence electrons. The fourth-order valence-corrected chi connectivity index (χ4v) is 5.74. The number of hydrogen-bond acceptors (Lipinski definition) is 5. The molecule has 2 amide bonds. The Morgan fingerprint density at radius 1 is 0.952 bits per heavy atom. The third kappa shape index (κ3) is 8.59. The van der Waals surface area contributed by atoms with Gasteiger partial charge in [0.2, 0.25) is 11.8 Å². The molecule has 0 aromatic heterocycles. The van der Waals surface area contributed by atoms with Crippen LogP contribution in [0.5, 0.6) is 5.75 Å². The van der Waals surface area contributed by atoms with Crippen molar-refractivity contribution in [2.24, 2.45) is 5.92 Å². The van der Waals surface area contributed by atoms with E-state index in [-0.39, 0.29) is 28.1 Å². The topological polar surface area (TPSA) is 96.0 Å². The number of sulfonamides is 1. The van der Waals surface area contributed by atoms with Gasteiger partial charge < -0.3 is 15.0 Å². The van der Waals surface area contributed by atoms with E-state index in [0.29, 0.717) is 29.5 Å². The van der Waals surface area contributed by atoms with Gasteiger partial charge in [-0.1, -0.05) is 43.1 Å². The quantitative estimate of drug-likeness (QED) is 0.251. The number of benzene rings is 3. The minimum atomic E-state index is -4.34. The molecule has 3 aromatic carbocycles. The van der Waals surface area contributed by atoms with Crippen molar-refractivity contribution in [3.05, 3.63) is 88.2 Å². The summed E-state index contributed by atoms with van der Waals surface area (Å²) in [6.07, 6.45) is 0. The van der Waals surface area contributed by atoms with Gasteiger partial charge in [0.05, 0.1) is 27.2 Å². The van der Waals surface area contributed by atoms with E-state index < -0.39 is 40.2 Å². The average molecular weight is 639 g/mol. The molecule has 0 spiro atoms. The van der Waals surface area contributed by atoms with Crippen LogP contribution in [-0.2, 0) is 26.2 Å². The molecule has 42 heavy (non-hydrogen) atoms.